The average Bonchev–Trinajstić information content (AvgIpc) is 2.92. The molecule has 3 aromatic carbocycles. The third kappa shape index (κ3) is 5.34. The highest BCUT2D eigenvalue weighted by Crippen LogP contribution is 2.31. The molecule has 10 heteroatoms. The summed E-state index contributed by atoms with van der Waals surface area (Å²) in [6.07, 6.45) is 2.58. The molecule has 0 aliphatic rings. The molecule has 0 aliphatic heterocycles. The van der Waals surface area contributed by atoms with Gasteiger partial charge in [0.15, 0.2) is 5.96 Å². The molecule has 196 valence electrons. The van der Waals surface area contributed by atoms with Crippen LogP contribution in [0.5, 0.6) is 11.5 Å². The predicted molar refractivity (Wildman–Crippen MR) is 147 cm³/mol. The van der Waals surface area contributed by atoms with Crippen molar-refractivity contribution >= 4 is 23.2 Å². The molecule has 3 N–H and O–H groups in total. The number of hydrogen-bond acceptors (Lipinski definition) is 6. The van der Waals surface area contributed by atoms with E-state index in [0.29, 0.717) is 39.1 Å². The zero-order chi connectivity index (χ0) is 27.4. The van der Waals surface area contributed by atoms with Crippen molar-refractivity contribution in [2.45, 2.75) is 20.0 Å². The van der Waals surface area contributed by atoms with E-state index in [1.807, 2.05) is 18.2 Å². The Morgan fingerprint density at radius 2 is 1.82 bits per heavy atom. The van der Waals surface area contributed by atoms with Gasteiger partial charge in [0, 0.05) is 18.7 Å². The maximum atomic E-state index is 13.9. The average molecular weight is 517 g/mol. The summed E-state index contributed by atoms with van der Waals surface area (Å²) in [7, 11) is 4.67. The van der Waals surface area contributed by atoms with Crippen LogP contribution < -0.4 is 20.8 Å². The van der Waals surface area contributed by atoms with Gasteiger partial charge >= 0.3 is 0 Å². The Balaban J connectivity index is 1.90. The van der Waals surface area contributed by atoms with Crippen LogP contribution in [0.4, 0.5) is 4.39 Å². The predicted octanol–water partition coefficient (Wildman–Crippen LogP) is 3.93. The normalized spacial score (nSPS) is 11.4. The second-order valence-electron chi connectivity index (χ2n) is 8.74. The van der Waals surface area contributed by atoms with Gasteiger partial charge in [-0.3, -0.25) is 24.7 Å². The molecule has 0 fully saturated rings. The molecule has 0 radical (unpaired) electrons. The number of halogens is 1. The van der Waals surface area contributed by atoms with Crippen molar-refractivity contribution in [3.63, 3.8) is 0 Å². The minimum absolute atomic E-state index is 0.162. The van der Waals surface area contributed by atoms with E-state index in [9.17, 15) is 9.18 Å². The molecule has 38 heavy (non-hydrogen) atoms. The number of nitrogens with two attached hydrogens (primary N) is 1. The van der Waals surface area contributed by atoms with Crippen molar-refractivity contribution in [3.05, 3.63) is 87.7 Å². The minimum atomic E-state index is -0.349. The van der Waals surface area contributed by atoms with Gasteiger partial charge < -0.3 is 15.2 Å². The van der Waals surface area contributed by atoms with Gasteiger partial charge in [0.1, 0.15) is 17.3 Å². The Kier molecular flexibility index (Phi) is 7.71. The Morgan fingerprint density at radius 1 is 1.11 bits per heavy atom. The quantitative estimate of drug-likeness (QED) is 0.271. The van der Waals surface area contributed by atoms with Crippen molar-refractivity contribution in [2.75, 3.05) is 21.3 Å². The largest absolute Gasteiger partial charge is 0.497 e. The number of rotatable bonds is 8. The monoisotopic (exact) mass is 516 g/mol. The first-order chi connectivity index (χ1) is 18.3. The van der Waals surface area contributed by atoms with E-state index in [0.717, 1.165) is 17.5 Å². The second kappa shape index (κ2) is 11.1. The van der Waals surface area contributed by atoms with Crippen molar-refractivity contribution in [2.24, 2.45) is 10.7 Å². The molecule has 9 nitrogen and oxygen atoms in total. The molecular formula is C28H29FN6O3. The fourth-order valence-electron chi connectivity index (χ4n) is 4.34. The molecule has 0 spiro atoms. The van der Waals surface area contributed by atoms with Crippen molar-refractivity contribution in [3.8, 4) is 22.6 Å². The number of aromatic nitrogens is 2. The number of fused-ring (bicyclic) bond motifs is 1. The van der Waals surface area contributed by atoms with Crippen LogP contribution in [0.3, 0.4) is 0 Å². The number of nitrogens with zero attached hydrogens (tertiary/aromatic N) is 4. The Hall–Kier alpha value is -4.73. The van der Waals surface area contributed by atoms with Crippen molar-refractivity contribution in [1.29, 1.82) is 5.41 Å². The van der Waals surface area contributed by atoms with E-state index in [1.54, 1.807) is 39.3 Å². The standard InChI is InChI=1S/C28H29FN6O3/c1-17-7-20(29)5-6-23(17)24-10-19(13-34(15-30)28(31)32-2)11-25-26(24)33-16-35(27(25)36)14-18-8-21(37-3)12-22(9-18)38-4/h5-12,15-16,30H,13-14H2,1-4H3,(H2,31,32). The van der Waals surface area contributed by atoms with E-state index in [4.69, 9.17) is 20.6 Å². The van der Waals surface area contributed by atoms with Crippen LogP contribution >= 0.6 is 0 Å². The van der Waals surface area contributed by atoms with Gasteiger partial charge in [-0.25, -0.2) is 9.37 Å². The van der Waals surface area contributed by atoms with Crippen molar-refractivity contribution < 1.29 is 13.9 Å². The molecule has 4 rings (SSSR count). The van der Waals surface area contributed by atoms with Gasteiger partial charge in [0.05, 0.1) is 50.9 Å². The summed E-state index contributed by atoms with van der Waals surface area (Å²) in [5.74, 6) is 1.03. The summed E-state index contributed by atoms with van der Waals surface area (Å²) >= 11 is 0. The summed E-state index contributed by atoms with van der Waals surface area (Å²) in [6, 6.07) is 13.5. The van der Waals surface area contributed by atoms with Crippen LogP contribution in [-0.4, -0.2) is 48.0 Å². The Labute approximate surface area is 219 Å². The first-order valence-corrected chi connectivity index (χ1v) is 11.8. The molecular weight excluding hydrogens is 487 g/mol. The first kappa shape index (κ1) is 26.3. The number of nitrogens with one attached hydrogen (secondary N) is 1. The molecule has 0 atom stereocenters. The molecule has 1 heterocycles. The molecule has 0 bridgehead atoms. The number of hydrogen-bond donors (Lipinski definition) is 2. The highest BCUT2D eigenvalue weighted by atomic mass is 19.1. The lowest BCUT2D eigenvalue weighted by molar-refractivity contribution is 0.393. The van der Waals surface area contributed by atoms with Crippen molar-refractivity contribution in [1.82, 2.24) is 14.5 Å². The number of aryl methyl sites for hydroxylation is 1. The smallest absolute Gasteiger partial charge is 0.261 e. The highest BCUT2D eigenvalue weighted by molar-refractivity contribution is 5.95. The van der Waals surface area contributed by atoms with Gasteiger partial charge in [-0.05, 0) is 65.6 Å². The fraction of sp³-hybridized carbons (Fsp3) is 0.214. The zero-order valence-electron chi connectivity index (χ0n) is 21.7. The summed E-state index contributed by atoms with van der Waals surface area (Å²) in [6.45, 7) is 2.25. The summed E-state index contributed by atoms with van der Waals surface area (Å²) < 4.78 is 26.1. The number of guanidine groups is 1. The van der Waals surface area contributed by atoms with Gasteiger partial charge in [-0.1, -0.05) is 6.07 Å². The lowest BCUT2D eigenvalue weighted by Gasteiger charge is -2.19. The highest BCUT2D eigenvalue weighted by Gasteiger charge is 2.16. The SMILES string of the molecule is CN=C(N)N(C=N)Cc1cc(-c2ccc(F)cc2C)c2ncn(Cc3cc(OC)cc(OC)c3)c(=O)c2c1. The molecule has 0 saturated carbocycles. The summed E-state index contributed by atoms with van der Waals surface area (Å²) in [4.78, 5) is 23.8. The third-order valence-corrected chi connectivity index (χ3v) is 6.26. The maximum Gasteiger partial charge on any atom is 0.261 e. The number of benzene rings is 3. The van der Waals surface area contributed by atoms with Crippen LogP contribution in [0.1, 0.15) is 16.7 Å². The van der Waals surface area contributed by atoms with Gasteiger partial charge in [0.2, 0.25) is 0 Å². The molecule has 0 aliphatic carbocycles. The fourth-order valence-corrected chi connectivity index (χ4v) is 4.34. The molecule has 0 unspecified atom stereocenters. The third-order valence-electron chi connectivity index (χ3n) is 6.26. The van der Waals surface area contributed by atoms with Crippen LogP contribution in [-0.2, 0) is 13.1 Å². The van der Waals surface area contributed by atoms with E-state index in [1.165, 1.54) is 35.0 Å². The lowest BCUT2D eigenvalue weighted by Crippen LogP contribution is -2.35. The van der Waals surface area contributed by atoms with E-state index in [2.05, 4.69) is 9.98 Å². The second-order valence-corrected chi connectivity index (χ2v) is 8.74. The van der Waals surface area contributed by atoms with E-state index in [-0.39, 0.29) is 30.4 Å². The van der Waals surface area contributed by atoms with Crippen LogP contribution in [0.2, 0.25) is 0 Å². The number of aliphatic imine (C=N–C) groups is 1. The van der Waals surface area contributed by atoms with Gasteiger partial charge in [-0.15, -0.1) is 0 Å². The lowest BCUT2D eigenvalue weighted by atomic mass is 9.95. The minimum Gasteiger partial charge on any atom is -0.497 e. The first-order valence-electron chi connectivity index (χ1n) is 11.8. The number of methoxy groups -OCH3 is 2. The van der Waals surface area contributed by atoms with Crippen LogP contribution in [0.25, 0.3) is 22.0 Å². The van der Waals surface area contributed by atoms with Gasteiger partial charge in [-0.2, -0.15) is 0 Å². The van der Waals surface area contributed by atoms with Crippen LogP contribution in [0.15, 0.2) is 64.6 Å². The van der Waals surface area contributed by atoms with Crippen LogP contribution in [0, 0.1) is 18.2 Å². The Bertz CT molecular complexity index is 1580. The summed E-state index contributed by atoms with van der Waals surface area (Å²) in [5, 5.41) is 8.13. The summed E-state index contributed by atoms with van der Waals surface area (Å²) in [5.41, 5.74) is 9.84. The molecule has 0 saturated heterocycles. The molecule has 0 amide bonds. The topological polar surface area (TPSA) is 119 Å². The molecule has 4 aromatic rings. The number of ether oxygens (including phenoxy) is 2. The van der Waals surface area contributed by atoms with E-state index >= 15 is 0 Å². The van der Waals surface area contributed by atoms with E-state index < -0.39 is 0 Å². The maximum absolute atomic E-state index is 13.9. The zero-order valence-corrected chi connectivity index (χ0v) is 21.7. The Morgan fingerprint density at radius 3 is 2.42 bits per heavy atom. The molecule has 1 aromatic heterocycles. The van der Waals surface area contributed by atoms with Gasteiger partial charge in [0.25, 0.3) is 5.56 Å².